The van der Waals surface area contributed by atoms with Crippen molar-refractivity contribution in [3.05, 3.63) is 170 Å². The highest BCUT2D eigenvalue weighted by atomic mass is 31.2. The number of esters is 4. The van der Waals surface area contributed by atoms with E-state index in [1.807, 2.05) is 18.2 Å². The molecule has 0 radical (unpaired) electrons. The molecule has 0 bridgehead atoms. The minimum absolute atomic E-state index is 0.0299. The van der Waals surface area contributed by atoms with Crippen LogP contribution in [-0.2, 0) is 65.4 Å². The quantitative estimate of drug-likeness (QED) is 0.0169. The van der Waals surface area contributed by atoms with Gasteiger partial charge in [0, 0.05) is 25.7 Å². The van der Waals surface area contributed by atoms with Crippen LogP contribution < -0.4 is 0 Å². The zero-order chi connectivity index (χ0) is 78.9. The molecule has 0 heterocycles. The summed E-state index contributed by atoms with van der Waals surface area (Å²) in [5.74, 6) is -2.31. The van der Waals surface area contributed by atoms with Crippen molar-refractivity contribution in [2.24, 2.45) is 0 Å². The molecule has 0 aliphatic rings. The molecule has 0 aromatic carbocycles. The standard InChI is InChI=1S/C89H146O17P2/c1-5-9-13-17-21-25-29-33-36-39-41-44-46-50-53-57-61-65-69-73-86(91)99-79-84(105-88(93)75-71-67-63-59-55-49-32-28-24-20-16-12-8-4)81-103-107(95,96)101-77-83(90)78-102-108(97,98)104-82-85(106-89(94)76-72-68-64-60-56-52-48-43-38-35-31-27-23-19-15-11-7-3)80-100-87(92)74-70-66-62-58-54-51-47-45-42-40-37-34-30-26-22-18-14-10-6-2/h9-11,13-15,21-23,25-28,32-38,41-42,44-45,50,53,61,65,83-85,90H,5-8,12,16-20,24,29-31,39-40,43,46-49,51-52,54-60,62-64,66-82H2,1-4H3,(H,95,96)(H,97,98)/b13-9-,14-10-,15-11-,25-21-,26-22-,27-23-,32-28-,36-33-,37-34-,38-35-,44-41-,45-42-,53-50-,65-61-. The summed E-state index contributed by atoms with van der Waals surface area (Å²) in [6.45, 7) is 4.41. The first kappa shape index (κ1) is 102. The van der Waals surface area contributed by atoms with E-state index in [2.05, 4.69) is 180 Å². The Kier molecular flexibility index (Phi) is 75.4. The van der Waals surface area contributed by atoms with E-state index in [0.717, 1.165) is 199 Å². The second-order valence-electron chi connectivity index (χ2n) is 26.9. The summed E-state index contributed by atoms with van der Waals surface area (Å²) in [5, 5.41) is 10.7. The van der Waals surface area contributed by atoms with Crippen LogP contribution in [0, 0.1) is 0 Å². The lowest BCUT2D eigenvalue weighted by molar-refractivity contribution is -0.161. The molecule has 19 heteroatoms. The maximum Gasteiger partial charge on any atom is 0.472 e. The molecule has 5 unspecified atom stereocenters. The van der Waals surface area contributed by atoms with Gasteiger partial charge in [-0.25, -0.2) is 9.13 Å². The van der Waals surface area contributed by atoms with Gasteiger partial charge in [-0.1, -0.05) is 294 Å². The summed E-state index contributed by atoms with van der Waals surface area (Å²) >= 11 is 0. The van der Waals surface area contributed by atoms with Gasteiger partial charge in [0.05, 0.1) is 26.4 Å². The van der Waals surface area contributed by atoms with Crippen molar-refractivity contribution < 1.29 is 80.2 Å². The van der Waals surface area contributed by atoms with Crippen LogP contribution in [0.25, 0.3) is 0 Å². The van der Waals surface area contributed by atoms with Crippen LogP contribution in [-0.4, -0.2) is 96.7 Å². The highest BCUT2D eigenvalue weighted by molar-refractivity contribution is 7.47. The number of rotatable bonds is 76. The van der Waals surface area contributed by atoms with Crippen LogP contribution in [0.2, 0.25) is 0 Å². The van der Waals surface area contributed by atoms with E-state index < -0.39 is 97.5 Å². The van der Waals surface area contributed by atoms with Crippen LogP contribution >= 0.6 is 15.6 Å². The summed E-state index contributed by atoms with van der Waals surface area (Å²) < 4.78 is 68.6. The Morgan fingerprint density at radius 3 is 0.806 bits per heavy atom. The third kappa shape index (κ3) is 78.5. The predicted molar refractivity (Wildman–Crippen MR) is 445 cm³/mol. The molecule has 614 valence electrons. The van der Waals surface area contributed by atoms with E-state index >= 15 is 0 Å². The lowest BCUT2D eigenvalue weighted by atomic mass is 10.1. The van der Waals surface area contributed by atoms with Crippen LogP contribution in [0.1, 0.15) is 310 Å². The number of aliphatic hydroxyl groups excluding tert-OH is 1. The number of ether oxygens (including phenoxy) is 4. The SMILES string of the molecule is CC/C=C\C/C=C\C/C=C\C/C=C\C/C=C\C/C=C\CCC(=O)OCC(COP(=O)(O)OCC(O)COP(=O)(O)OCC(COC(=O)CCCCCCCC/C=C\C/C=C\C/C=C\C/C=C\CC)OC(=O)CCCCCCCCC/C=C\C/C=C\C/C=C\CC)OC(=O)CCCCCCC/C=C\CCCCCC. The summed E-state index contributed by atoms with van der Waals surface area (Å²) in [4.78, 5) is 73.1. The number of phosphoric acid groups is 2. The van der Waals surface area contributed by atoms with Crippen LogP contribution in [0.15, 0.2) is 170 Å². The third-order valence-corrected chi connectivity index (χ3v) is 18.6. The van der Waals surface area contributed by atoms with Crippen molar-refractivity contribution in [2.45, 2.75) is 329 Å². The average molecular weight is 1550 g/mol. The molecule has 0 spiro atoms. The Morgan fingerprint density at radius 1 is 0.269 bits per heavy atom. The number of unbranched alkanes of at least 4 members (excludes halogenated alkanes) is 22. The summed E-state index contributed by atoms with van der Waals surface area (Å²) in [7, 11) is -10.0. The molecule has 17 nitrogen and oxygen atoms in total. The van der Waals surface area contributed by atoms with Gasteiger partial charge in [0.1, 0.15) is 19.3 Å². The fourth-order valence-electron chi connectivity index (χ4n) is 10.5. The Labute approximate surface area is 654 Å². The molecule has 0 fully saturated rings. The molecule has 0 saturated heterocycles. The zero-order valence-corrected chi connectivity index (χ0v) is 69.0. The van der Waals surface area contributed by atoms with Gasteiger partial charge in [-0.05, 0) is 161 Å². The Morgan fingerprint density at radius 2 is 0.500 bits per heavy atom. The Balaban J connectivity index is 5.45. The van der Waals surface area contributed by atoms with Crippen LogP contribution in [0.3, 0.4) is 0 Å². The molecule has 0 aromatic heterocycles. The largest absolute Gasteiger partial charge is 0.472 e. The van der Waals surface area contributed by atoms with Crippen molar-refractivity contribution >= 4 is 39.5 Å². The highest BCUT2D eigenvalue weighted by Crippen LogP contribution is 2.45. The third-order valence-electron chi connectivity index (χ3n) is 16.7. The number of phosphoric ester groups is 2. The first-order valence-electron chi connectivity index (χ1n) is 41.4. The van der Waals surface area contributed by atoms with Gasteiger partial charge in [-0.3, -0.25) is 37.3 Å². The molecule has 0 amide bonds. The van der Waals surface area contributed by atoms with Crippen molar-refractivity contribution in [2.75, 3.05) is 39.6 Å². The smallest absolute Gasteiger partial charge is 0.462 e. The van der Waals surface area contributed by atoms with Gasteiger partial charge in [0.15, 0.2) is 12.2 Å². The summed E-state index contributed by atoms with van der Waals surface area (Å²) in [5.41, 5.74) is 0. The molecule has 0 aromatic rings. The second-order valence-corrected chi connectivity index (χ2v) is 29.8. The first-order valence-corrected chi connectivity index (χ1v) is 44.4. The molecule has 0 rings (SSSR count). The maximum absolute atomic E-state index is 13.1. The fraction of sp³-hybridized carbons (Fsp3) is 0.640. The van der Waals surface area contributed by atoms with Gasteiger partial charge >= 0.3 is 39.5 Å². The van der Waals surface area contributed by atoms with Crippen molar-refractivity contribution in [3.63, 3.8) is 0 Å². The van der Waals surface area contributed by atoms with Crippen molar-refractivity contribution in [3.8, 4) is 0 Å². The molecular weight excluding hydrogens is 1400 g/mol. The molecule has 108 heavy (non-hydrogen) atoms. The molecule has 0 aliphatic heterocycles. The van der Waals surface area contributed by atoms with Crippen molar-refractivity contribution in [1.82, 2.24) is 0 Å². The molecular formula is C89H146O17P2. The van der Waals surface area contributed by atoms with Gasteiger partial charge in [-0.15, -0.1) is 0 Å². The van der Waals surface area contributed by atoms with E-state index in [1.54, 1.807) is 0 Å². The molecule has 0 saturated carbocycles. The number of aliphatic hydroxyl groups is 1. The van der Waals surface area contributed by atoms with E-state index in [9.17, 15) is 43.2 Å². The topological polar surface area (TPSA) is 237 Å². The number of hydrogen-bond acceptors (Lipinski definition) is 15. The fourth-order valence-corrected chi connectivity index (χ4v) is 12.1. The Hall–Kier alpha value is -5.58. The zero-order valence-electron chi connectivity index (χ0n) is 67.2. The molecule has 3 N–H and O–H groups in total. The lowest BCUT2D eigenvalue weighted by Crippen LogP contribution is -2.30. The number of carbonyl (C=O) groups is 4. The monoisotopic (exact) mass is 1550 g/mol. The predicted octanol–water partition coefficient (Wildman–Crippen LogP) is 24.6. The number of allylic oxidation sites excluding steroid dienone is 28. The number of carbonyl (C=O) groups excluding carboxylic acids is 4. The molecule has 0 aliphatic carbocycles. The first-order chi connectivity index (χ1) is 52.7. The van der Waals surface area contributed by atoms with E-state index in [4.69, 9.17) is 37.0 Å². The van der Waals surface area contributed by atoms with Gasteiger partial charge in [-0.2, -0.15) is 0 Å². The van der Waals surface area contributed by atoms with Gasteiger partial charge < -0.3 is 33.8 Å². The molecule has 5 atom stereocenters. The van der Waals surface area contributed by atoms with Gasteiger partial charge in [0.25, 0.3) is 0 Å². The van der Waals surface area contributed by atoms with Crippen LogP contribution in [0.4, 0.5) is 0 Å². The Bertz CT molecular complexity index is 2710. The maximum atomic E-state index is 13.1. The van der Waals surface area contributed by atoms with E-state index in [-0.39, 0.29) is 25.7 Å². The normalized spacial score (nSPS) is 14.7. The minimum atomic E-state index is -5.00. The second kappa shape index (κ2) is 79.5. The summed E-state index contributed by atoms with van der Waals surface area (Å²) in [6.07, 6.45) is 94.8. The summed E-state index contributed by atoms with van der Waals surface area (Å²) in [6, 6.07) is 0. The lowest BCUT2D eigenvalue weighted by Gasteiger charge is -2.21. The number of hydrogen-bond donors (Lipinski definition) is 3. The van der Waals surface area contributed by atoms with E-state index in [1.165, 1.54) is 25.7 Å². The minimum Gasteiger partial charge on any atom is -0.462 e. The van der Waals surface area contributed by atoms with Crippen LogP contribution in [0.5, 0.6) is 0 Å². The van der Waals surface area contributed by atoms with Gasteiger partial charge in [0.2, 0.25) is 0 Å². The highest BCUT2D eigenvalue weighted by Gasteiger charge is 2.30. The van der Waals surface area contributed by atoms with E-state index in [0.29, 0.717) is 32.1 Å². The average Bonchev–Trinajstić information content (AvgIpc) is 0.916. The van der Waals surface area contributed by atoms with Crippen molar-refractivity contribution in [1.29, 1.82) is 0 Å².